The fraction of sp³-hybridized carbons (Fsp3) is 0.353. The summed E-state index contributed by atoms with van der Waals surface area (Å²) < 4.78 is 0.296. The minimum atomic E-state index is -4.60. The molecule has 0 radical (unpaired) electrons. The third-order valence-electron chi connectivity index (χ3n) is 9.18. The molecule has 0 spiro atoms. The molecule has 0 nitrogen and oxygen atoms in total. The van der Waals surface area contributed by atoms with Gasteiger partial charge in [-0.1, -0.05) is 0 Å². The molecule has 2 aliphatic rings. The van der Waals surface area contributed by atoms with Crippen LogP contribution in [0.5, 0.6) is 0 Å². The second-order valence-corrected chi connectivity index (χ2v) is 55.7. The van der Waals surface area contributed by atoms with Crippen LogP contribution in [0.2, 0.25) is 13.1 Å². The van der Waals surface area contributed by atoms with Crippen molar-refractivity contribution in [2.24, 2.45) is 5.92 Å². The van der Waals surface area contributed by atoms with E-state index in [0.717, 1.165) is 0 Å². The summed E-state index contributed by atoms with van der Waals surface area (Å²) in [6, 6.07) is 24.8. The summed E-state index contributed by atoms with van der Waals surface area (Å²) in [5.41, 5.74) is 12.2. The number of rotatable bonds is 5. The zero-order valence-corrected chi connectivity index (χ0v) is 29.2. The number of benzene rings is 3. The van der Waals surface area contributed by atoms with Crippen molar-refractivity contribution in [3.8, 4) is 11.1 Å². The molecule has 2 unspecified atom stereocenters. The molecular formula is C34H41Cl2SiZr. The third kappa shape index (κ3) is 4.34. The van der Waals surface area contributed by atoms with Gasteiger partial charge in [0.1, 0.15) is 0 Å². The predicted octanol–water partition coefficient (Wildman–Crippen LogP) is 10.9. The van der Waals surface area contributed by atoms with Crippen molar-refractivity contribution in [3.05, 3.63) is 106 Å². The van der Waals surface area contributed by atoms with Crippen LogP contribution in [0.1, 0.15) is 76.6 Å². The van der Waals surface area contributed by atoms with Gasteiger partial charge in [-0.2, -0.15) is 0 Å². The molecule has 199 valence electrons. The number of halogens is 2. The van der Waals surface area contributed by atoms with Gasteiger partial charge in [0, 0.05) is 0 Å². The number of hydrogen-bond acceptors (Lipinski definition) is 0. The Morgan fingerprint density at radius 1 is 0.789 bits per heavy atom. The quantitative estimate of drug-likeness (QED) is 0.244. The molecular weight excluding hydrogens is 599 g/mol. The Kier molecular flexibility index (Phi) is 7.26. The topological polar surface area (TPSA) is 0 Å². The van der Waals surface area contributed by atoms with Crippen molar-refractivity contribution in [3.63, 3.8) is 0 Å². The fourth-order valence-corrected chi connectivity index (χ4v) is 39.2. The molecule has 0 fully saturated rings. The summed E-state index contributed by atoms with van der Waals surface area (Å²) in [5.74, 6) is -1.11. The SMILES string of the molecule is CC1=Cc2c(-c3ccc(C(C)(C)C)cc3)cccc2[CH]1[Zr]([Cl])([Cl])([CH]1C(C(C)C)=Cc2ccccc21)[SiH](C)C. The van der Waals surface area contributed by atoms with Gasteiger partial charge in [0.2, 0.25) is 0 Å². The molecule has 0 aliphatic heterocycles. The Bertz CT molecular complexity index is 1450. The first-order valence-corrected chi connectivity index (χ1v) is 30.4. The van der Waals surface area contributed by atoms with Gasteiger partial charge in [0.25, 0.3) is 0 Å². The van der Waals surface area contributed by atoms with Crippen molar-refractivity contribution in [2.45, 2.75) is 67.3 Å². The Hall–Kier alpha value is -1.18. The molecule has 0 saturated carbocycles. The van der Waals surface area contributed by atoms with E-state index < -0.39 is 21.5 Å². The molecule has 4 heteroatoms. The van der Waals surface area contributed by atoms with Gasteiger partial charge in [-0.05, 0) is 0 Å². The molecule has 38 heavy (non-hydrogen) atoms. The molecule has 0 heterocycles. The minimum absolute atomic E-state index is 0.133. The first-order valence-electron chi connectivity index (χ1n) is 14.0. The second kappa shape index (κ2) is 9.73. The number of fused-ring (bicyclic) bond motifs is 2. The average molecular weight is 640 g/mol. The van der Waals surface area contributed by atoms with Crippen molar-refractivity contribution >= 4 is 35.1 Å². The summed E-state index contributed by atoms with van der Waals surface area (Å²) in [6.45, 7) is 18.5. The van der Waals surface area contributed by atoms with Gasteiger partial charge in [0.05, 0.1) is 0 Å². The van der Waals surface area contributed by atoms with Crippen LogP contribution in [0.4, 0.5) is 0 Å². The van der Waals surface area contributed by atoms with E-state index in [2.05, 4.69) is 134 Å². The molecule has 0 amide bonds. The Morgan fingerprint density at radius 2 is 1.42 bits per heavy atom. The Morgan fingerprint density at radius 3 is 2.03 bits per heavy atom. The van der Waals surface area contributed by atoms with Gasteiger partial charge in [0.15, 0.2) is 0 Å². The van der Waals surface area contributed by atoms with Gasteiger partial charge in [-0.25, -0.2) is 0 Å². The van der Waals surface area contributed by atoms with E-state index in [1.54, 1.807) is 0 Å². The van der Waals surface area contributed by atoms with Gasteiger partial charge in [-0.15, -0.1) is 0 Å². The first-order chi connectivity index (χ1) is 17.7. The standard InChI is InChI=1S/C20H21.C12H13.C2H7Si.2ClH.Zr/c1-14-12-16-6-5-7-18(19(16)13-14)15-8-10-17(11-9-15)20(2,3)4;1-9(2)12-7-10-5-3-4-6-11(10)8-12;1-3-2;;;/h5-13H,1-4H3;3-9H,1-2H3;3H,1-2H3;2*1H;/q;;;;;+2/p-2. The van der Waals surface area contributed by atoms with E-state index in [-0.39, 0.29) is 12.7 Å². The van der Waals surface area contributed by atoms with Crippen LogP contribution in [0, 0.1) is 5.92 Å². The van der Waals surface area contributed by atoms with Crippen molar-refractivity contribution < 1.29 is 15.6 Å². The maximum atomic E-state index is 8.36. The number of hydrogen-bond donors (Lipinski definition) is 0. The molecule has 0 aromatic heterocycles. The maximum absolute atomic E-state index is 8.36. The van der Waals surface area contributed by atoms with E-state index in [9.17, 15) is 0 Å². The van der Waals surface area contributed by atoms with Crippen LogP contribution >= 0.6 is 17.0 Å². The van der Waals surface area contributed by atoms with Crippen molar-refractivity contribution in [2.75, 3.05) is 0 Å². The average Bonchev–Trinajstić information content (AvgIpc) is 3.42. The number of allylic oxidation sites excluding steroid dienone is 2. The Labute approximate surface area is 239 Å². The van der Waals surface area contributed by atoms with Crippen molar-refractivity contribution in [1.29, 1.82) is 0 Å². The van der Waals surface area contributed by atoms with Crippen LogP contribution in [0.15, 0.2) is 77.9 Å². The van der Waals surface area contributed by atoms with E-state index in [1.165, 1.54) is 50.1 Å². The van der Waals surface area contributed by atoms with Crippen LogP contribution in [-0.4, -0.2) is 5.92 Å². The van der Waals surface area contributed by atoms with Gasteiger partial charge in [-0.3, -0.25) is 0 Å². The fourth-order valence-electron chi connectivity index (χ4n) is 6.98. The van der Waals surface area contributed by atoms with Crippen LogP contribution in [-0.2, 0) is 21.0 Å². The summed E-state index contributed by atoms with van der Waals surface area (Å²) >= 11 is -4.60. The first kappa shape index (κ1) is 28.4. The molecule has 0 bridgehead atoms. The van der Waals surface area contributed by atoms with Crippen molar-refractivity contribution in [1.82, 2.24) is 0 Å². The molecule has 2 atom stereocenters. The molecule has 2 aliphatic carbocycles. The molecule has 3 aromatic rings. The van der Waals surface area contributed by atoms with E-state index >= 15 is 0 Å². The molecule has 0 saturated heterocycles. The second-order valence-electron chi connectivity index (χ2n) is 13.2. The van der Waals surface area contributed by atoms with Crippen LogP contribution < -0.4 is 0 Å². The van der Waals surface area contributed by atoms with Crippen LogP contribution in [0.25, 0.3) is 23.3 Å². The molecule has 0 N–H and O–H groups in total. The zero-order valence-electron chi connectivity index (χ0n) is 24.1. The summed E-state index contributed by atoms with van der Waals surface area (Å²) in [5, 5.41) is 0. The molecule has 5 rings (SSSR count). The van der Waals surface area contributed by atoms with E-state index in [4.69, 9.17) is 17.0 Å². The zero-order chi connectivity index (χ0) is 27.6. The van der Waals surface area contributed by atoms with E-state index in [1.807, 2.05) is 0 Å². The monoisotopic (exact) mass is 637 g/mol. The van der Waals surface area contributed by atoms with E-state index in [0.29, 0.717) is 5.92 Å². The van der Waals surface area contributed by atoms with Gasteiger partial charge < -0.3 is 0 Å². The normalized spacial score (nSPS) is 20.2. The predicted molar refractivity (Wildman–Crippen MR) is 170 cm³/mol. The molecule has 3 aromatic carbocycles. The summed E-state index contributed by atoms with van der Waals surface area (Å²) in [4.78, 5) is 0. The summed E-state index contributed by atoms with van der Waals surface area (Å²) in [7, 11) is 16.7. The van der Waals surface area contributed by atoms with Gasteiger partial charge >= 0.3 is 241 Å². The third-order valence-corrected chi connectivity index (χ3v) is 61.1. The summed E-state index contributed by atoms with van der Waals surface area (Å²) in [6.07, 6.45) is 4.81. The van der Waals surface area contributed by atoms with Crippen LogP contribution in [0.3, 0.4) is 0 Å². The Balaban J connectivity index is 1.70.